The Balaban J connectivity index is 1.30. The number of ether oxygens (including phenoxy) is 1. The summed E-state index contributed by atoms with van der Waals surface area (Å²) in [6, 6.07) is 2.08. The number of aromatic nitrogens is 3. The van der Waals surface area contributed by atoms with Crippen LogP contribution >= 0.6 is 11.3 Å². The van der Waals surface area contributed by atoms with Crippen LogP contribution in [0.2, 0.25) is 0 Å². The molecule has 5 rings (SSSR count). The molecule has 1 saturated heterocycles. The van der Waals surface area contributed by atoms with Crippen molar-refractivity contribution in [1.29, 1.82) is 0 Å². The van der Waals surface area contributed by atoms with Gasteiger partial charge < -0.3 is 4.74 Å². The molecule has 1 atom stereocenters. The van der Waals surface area contributed by atoms with Crippen molar-refractivity contribution < 1.29 is 4.74 Å². The Morgan fingerprint density at radius 2 is 2.23 bits per heavy atom. The van der Waals surface area contributed by atoms with E-state index in [-0.39, 0.29) is 5.56 Å². The number of likely N-dealkylation sites (tertiary alicyclic amines) is 1. The number of nitrogens with zero attached hydrogens (tertiary/aromatic N) is 4. The van der Waals surface area contributed by atoms with Crippen molar-refractivity contribution in [2.75, 3.05) is 13.2 Å². The standard InChI is InChI=1S/C19H24N4O2S/c24-18-8-14-11-25-7-5-17(14)21-23(18)10-16-2-1-6-22(16)9-15-12-26-19(20-15)13-3-4-13/h8,12-13,16H,1-7,9-11H2. The molecule has 1 aliphatic carbocycles. The van der Waals surface area contributed by atoms with Crippen molar-refractivity contribution in [3.63, 3.8) is 0 Å². The minimum atomic E-state index is -0.00854. The van der Waals surface area contributed by atoms with Gasteiger partial charge in [0, 0.05) is 41.9 Å². The molecule has 0 radical (unpaired) electrons. The van der Waals surface area contributed by atoms with Crippen LogP contribution < -0.4 is 5.56 Å². The van der Waals surface area contributed by atoms with Gasteiger partial charge in [-0.25, -0.2) is 9.67 Å². The molecule has 26 heavy (non-hydrogen) atoms. The van der Waals surface area contributed by atoms with Crippen LogP contribution in [-0.4, -0.2) is 38.9 Å². The van der Waals surface area contributed by atoms with Crippen LogP contribution in [0.1, 0.15) is 53.6 Å². The predicted octanol–water partition coefficient (Wildman–Crippen LogP) is 2.31. The molecule has 3 aliphatic rings. The van der Waals surface area contributed by atoms with Crippen LogP contribution in [0.4, 0.5) is 0 Å². The van der Waals surface area contributed by atoms with Gasteiger partial charge in [0.15, 0.2) is 0 Å². The van der Waals surface area contributed by atoms with Crippen LogP contribution in [0, 0.1) is 0 Å². The Morgan fingerprint density at radius 1 is 1.31 bits per heavy atom. The third kappa shape index (κ3) is 3.35. The van der Waals surface area contributed by atoms with E-state index in [2.05, 4.69) is 15.4 Å². The molecule has 1 unspecified atom stereocenters. The Hall–Kier alpha value is -1.57. The Morgan fingerprint density at radius 3 is 3.12 bits per heavy atom. The number of rotatable bonds is 5. The van der Waals surface area contributed by atoms with Crippen molar-refractivity contribution in [2.45, 2.75) is 63.8 Å². The molecule has 0 aromatic carbocycles. The quantitative estimate of drug-likeness (QED) is 0.806. The smallest absolute Gasteiger partial charge is 0.267 e. The molecule has 2 aliphatic heterocycles. The van der Waals surface area contributed by atoms with Gasteiger partial charge in [-0.1, -0.05) is 0 Å². The lowest BCUT2D eigenvalue weighted by molar-refractivity contribution is 0.107. The zero-order valence-corrected chi connectivity index (χ0v) is 15.7. The second-order valence-corrected chi connectivity index (χ2v) is 8.55. The SMILES string of the molecule is O=c1cc2c(nn1CC1CCCN1Cc1csc(C3CC3)n1)CCOC2. The van der Waals surface area contributed by atoms with Gasteiger partial charge >= 0.3 is 0 Å². The van der Waals surface area contributed by atoms with Crippen molar-refractivity contribution in [3.05, 3.63) is 43.8 Å². The molecule has 2 aromatic rings. The fourth-order valence-electron chi connectivity index (χ4n) is 4.01. The first-order valence-corrected chi connectivity index (χ1v) is 10.5. The lowest BCUT2D eigenvalue weighted by Crippen LogP contribution is -2.37. The maximum absolute atomic E-state index is 12.4. The lowest BCUT2D eigenvalue weighted by atomic mass is 10.1. The minimum absolute atomic E-state index is 0.00854. The van der Waals surface area contributed by atoms with E-state index in [1.165, 1.54) is 30.0 Å². The highest BCUT2D eigenvalue weighted by Crippen LogP contribution is 2.41. The van der Waals surface area contributed by atoms with Gasteiger partial charge in [-0.2, -0.15) is 5.10 Å². The first kappa shape index (κ1) is 16.6. The highest BCUT2D eigenvalue weighted by atomic mass is 32.1. The summed E-state index contributed by atoms with van der Waals surface area (Å²) in [7, 11) is 0. The minimum Gasteiger partial charge on any atom is -0.376 e. The van der Waals surface area contributed by atoms with Crippen LogP contribution in [0.5, 0.6) is 0 Å². The number of fused-ring (bicyclic) bond motifs is 1. The third-order valence-electron chi connectivity index (χ3n) is 5.65. The van der Waals surface area contributed by atoms with Crippen molar-refractivity contribution >= 4 is 11.3 Å². The highest BCUT2D eigenvalue weighted by Gasteiger charge is 2.29. The first-order valence-electron chi connectivity index (χ1n) is 9.62. The molecule has 2 aromatic heterocycles. The fourth-order valence-corrected chi connectivity index (χ4v) is 5.00. The second-order valence-electron chi connectivity index (χ2n) is 7.66. The zero-order chi connectivity index (χ0) is 17.5. The molecule has 1 saturated carbocycles. The molecular weight excluding hydrogens is 348 g/mol. The summed E-state index contributed by atoms with van der Waals surface area (Å²) in [5.74, 6) is 0.727. The largest absolute Gasteiger partial charge is 0.376 e. The van der Waals surface area contributed by atoms with Crippen LogP contribution in [0.15, 0.2) is 16.2 Å². The maximum atomic E-state index is 12.4. The van der Waals surface area contributed by atoms with Crippen LogP contribution in [0.25, 0.3) is 0 Å². The second kappa shape index (κ2) is 6.87. The van der Waals surface area contributed by atoms with Gasteiger partial charge in [0.05, 0.1) is 36.2 Å². The lowest BCUT2D eigenvalue weighted by Gasteiger charge is -2.24. The van der Waals surface area contributed by atoms with Crippen LogP contribution in [-0.2, 0) is 30.9 Å². The molecule has 138 valence electrons. The van der Waals surface area contributed by atoms with Crippen molar-refractivity contribution in [1.82, 2.24) is 19.7 Å². The van der Waals surface area contributed by atoms with Gasteiger partial charge in [0.1, 0.15) is 0 Å². The summed E-state index contributed by atoms with van der Waals surface area (Å²) < 4.78 is 7.10. The Bertz CT molecular complexity index is 857. The number of hydrogen-bond donors (Lipinski definition) is 0. The van der Waals surface area contributed by atoms with Gasteiger partial charge in [-0.15, -0.1) is 11.3 Å². The van der Waals surface area contributed by atoms with Gasteiger partial charge in [-0.05, 0) is 32.2 Å². The van der Waals surface area contributed by atoms with Gasteiger partial charge in [0.25, 0.3) is 5.56 Å². The molecule has 2 fully saturated rings. The van der Waals surface area contributed by atoms with E-state index in [1.54, 1.807) is 10.7 Å². The van der Waals surface area contributed by atoms with E-state index in [0.29, 0.717) is 25.8 Å². The van der Waals surface area contributed by atoms with E-state index in [0.717, 1.165) is 43.1 Å². The Labute approximate surface area is 156 Å². The van der Waals surface area contributed by atoms with Crippen molar-refractivity contribution in [3.8, 4) is 0 Å². The first-order chi connectivity index (χ1) is 12.8. The molecule has 7 heteroatoms. The predicted molar refractivity (Wildman–Crippen MR) is 99.4 cm³/mol. The maximum Gasteiger partial charge on any atom is 0.267 e. The van der Waals surface area contributed by atoms with E-state index in [4.69, 9.17) is 9.72 Å². The zero-order valence-electron chi connectivity index (χ0n) is 14.9. The van der Waals surface area contributed by atoms with Crippen LogP contribution in [0.3, 0.4) is 0 Å². The third-order valence-corrected chi connectivity index (χ3v) is 6.70. The topological polar surface area (TPSA) is 60.2 Å². The van der Waals surface area contributed by atoms with E-state index >= 15 is 0 Å². The molecular formula is C19H24N4O2S. The molecule has 4 heterocycles. The summed E-state index contributed by atoms with van der Waals surface area (Å²) in [6.45, 7) is 3.85. The molecule has 0 amide bonds. The summed E-state index contributed by atoms with van der Waals surface area (Å²) in [6.07, 6.45) is 5.70. The average molecular weight is 372 g/mol. The van der Waals surface area contributed by atoms with E-state index in [9.17, 15) is 4.79 Å². The number of hydrogen-bond acceptors (Lipinski definition) is 6. The normalized spacial score (nSPS) is 23.3. The average Bonchev–Trinajstić information content (AvgIpc) is 3.24. The summed E-state index contributed by atoms with van der Waals surface area (Å²) in [5.41, 5.74) is 3.15. The summed E-state index contributed by atoms with van der Waals surface area (Å²) in [5, 5.41) is 8.16. The molecule has 0 N–H and O–H groups in total. The summed E-state index contributed by atoms with van der Waals surface area (Å²) >= 11 is 1.81. The van der Waals surface area contributed by atoms with E-state index in [1.807, 2.05) is 11.3 Å². The number of thiazole rings is 1. The monoisotopic (exact) mass is 372 g/mol. The fraction of sp³-hybridized carbons (Fsp3) is 0.632. The van der Waals surface area contributed by atoms with Crippen molar-refractivity contribution in [2.24, 2.45) is 0 Å². The molecule has 0 bridgehead atoms. The van der Waals surface area contributed by atoms with Gasteiger partial charge in [-0.3, -0.25) is 9.69 Å². The summed E-state index contributed by atoms with van der Waals surface area (Å²) in [4.78, 5) is 19.8. The Kier molecular flexibility index (Phi) is 4.38. The van der Waals surface area contributed by atoms with E-state index < -0.39 is 0 Å². The highest BCUT2D eigenvalue weighted by molar-refractivity contribution is 7.09. The van der Waals surface area contributed by atoms with Gasteiger partial charge in [0.2, 0.25) is 0 Å². The molecule has 0 spiro atoms. The molecule has 6 nitrogen and oxygen atoms in total.